The van der Waals surface area contributed by atoms with Crippen molar-refractivity contribution in [2.75, 3.05) is 0 Å². The van der Waals surface area contributed by atoms with Gasteiger partial charge in [-0.05, 0) is 30.3 Å². The van der Waals surface area contributed by atoms with Gasteiger partial charge in [0.05, 0.1) is 11.0 Å². The van der Waals surface area contributed by atoms with Crippen LogP contribution in [0.3, 0.4) is 0 Å². The maximum Gasteiger partial charge on any atom is 0.274 e. The molecule has 0 saturated heterocycles. The molecule has 3 aromatic rings. The molecule has 0 saturated carbocycles. The first-order valence-electron chi connectivity index (χ1n) is 5.62. The summed E-state index contributed by atoms with van der Waals surface area (Å²) in [6, 6.07) is 8.67. The van der Waals surface area contributed by atoms with Crippen molar-refractivity contribution >= 4 is 16.9 Å². The molecule has 6 nitrogen and oxygen atoms in total. The quantitative estimate of drug-likeness (QED) is 0.480. The van der Waals surface area contributed by atoms with E-state index < -0.39 is 5.91 Å². The van der Waals surface area contributed by atoms with E-state index in [-0.39, 0.29) is 0 Å². The zero-order valence-electron chi connectivity index (χ0n) is 9.79. The zero-order valence-corrected chi connectivity index (χ0v) is 9.79. The number of pyridine rings is 1. The van der Waals surface area contributed by atoms with Gasteiger partial charge in [-0.15, -0.1) is 0 Å². The predicted octanol–water partition coefficient (Wildman–Crippen LogP) is 1.74. The van der Waals surface area contributed by atoms with Crippen molar-refractivity contribution in [3.63, 3.8) is 0 Å². The molecule has 1 aromatic carbocycles. The third kappa shape index (κ3) is 2.04. The van der Waals surface area contributed by atoms with Crippen LogP contribution < -0.4 is 5.48 Å². The number of aromatic nitrogens is 3. The summed E-state index contributed by atoms with van der Waals surface area (Å²) >= 11 is 0. The lowest BCUT2D eigenvalue weighted by atomic mass is 10.2. The number of nitrogens with zero attached hydrogens (tertiary/aromatic N) is 2. The lowest BCUT2D eigenvalue weighted by Crippen LogP contribution is -2.18. The van der Waals surface area contributed by atoms with Crippen molar-refractivity contribution in [2.24, 2.45) is 0 Å². The first-order valence-corrected chi connectivity index (χ1v) is 5.62. The third-order valence-corrected chi connectivity index (χ3v) is 2.78. The first kappa shape index (κ1) is 11.4. The van der Waals surface area contributed by atoms with Crippen LogP contribution in [0.5, 0.6) is 0 Å². The number of aromatic amines is 1. The summed E-state index contributed by atoms with van der Waals surface area (Å²) in [7, 11) is 0. The molecule has 0 spiro atoms. The Morgan fingerprint density at radius 2 is 2.21 bits per heavy atom. The summed E-state index contributed by atoms with van der Waals surface area (Å²) in [6.07, 6.45) is 3.40. The van der Waals surface area contributed by atoms with Gasteiger partial charge >= 0.3 is 0 Å². The average Bonchev–Trinajstić information content (AvgIpc) is 2.90. The second-order valence-corrected chi connectivity index (χ2v) is 4.00. The van der Waals surface area contributed by atoms with Crippen molar-refractivity contribution in [3.8, 4) is 11.4 Å². The van der Waals surface area contributed by atoms with Gasteiger partial charge in [-0.1, -0.05) is 0 Å². The van der Waals surface area contributed by atoms with E-state index in [1.54, 1.807) is 36.1 Å². The molecule has 0 aliphatic heterocycles. The molecule has 94 valence electrons. The van der Waals surface area contributed by atoms with Crippen LogP contribution in [-0.2, 0) is 0 Å². The lowest BCUT2D eigenvalue weighted by molar-refractivity contribution is 0.0706. The molecule has 2 aromatic heterocycles. The van der Waals surface area contributed by atoms with Crippen LogP contribution >= 0.6 is 0 Å². The van der Waals surface area contributed by atoms with Gasteiger partial charge in [0.1, 0.15) is 5.82 Å². The number of benzene rings is 1. The number of hydroxylamine groups is 1. The Morgan fingerprint density at radius 3 is 2.95 bits per heavy atom. The fourth-order valence-corrected chi connectivity index (χ4v) is 1.85. The number of fused-ring (bicyclic) bond motifs is 1. The molecule has 0 aliphatic carbocycles. The minimum Gasteiger partial charge on any atom is -0.338 e. The van der Waals surface area contributed by atoms with Crippen molar-refractivity contribution in [3.05, 3.63) is 48.3 Å². The largest absolute Gasteiger partial charge is 0.338 e. The Morgan fingerprint density at radius 1 is 1.32 bits per heavy atom. The molecule has 0 fully saturated rings. The number of carbonyl (C=O) groups excluding carboxylic acids is 1. The van der Waals surface area contributed by atoms with E-state index in [1.807, 2.05) is 12.1 Å². The summed E-state index contributed by atoms with van der Waals surface area (Å²) in [5, 5.41) is 8.61. The molecule has 0 radical (unpaired) electrons. The average molecular weight is 254 g/mol. The fraction of sp³-hybridized carbons (Fsp3) is 0. The number of carbonyl (C=O) groups is 1. The Hall–Kier alpha value is -2.73. The predicted molar refractivity (Wildman–Crippen MR) is 68.6 cm³/mol. The molecule has 3 N–H and O–H groups in total. The maximum atomic E-state index is 11.3. The molecular formula is C13H10N4O2. The van der Waals surface area contributed by atoms with Crippen molar-refractivity contribution < 1.29 is 10.0 Å². The van der Waals surface area contributed by atoms with Gasteiger partial charge < -0.3 is 4.98 Å². The van der Waals surface area contributed by atoms with Crippen LogP contribution in [-0.4, -0.2) is 26.1 Å². The molecule has 2 heterocycles. The molecule has 19 heavy (non-hydrogen) atoms. The van der Waals surface area contributed by atoms with Crippen LogP contribution in [0.1, 0.15) is 10.4 Å². The molecule has 1 amide bonds. The highest BCUT2D eigenvalue weighted by Gasteiger charge is 2.09. The van der Waals surface area contributed by atoms with Gasteiger partial charge in [0.15, 0.2) is 0 Å². The summed E-state index contributed by atoms with van der Waals surface area (Å²) in [6.45, 7) is 0. The number of amides is 1. The maximum absolute atomic E-state index is 11.3. The van der Waals surface area contributed by atoms with Crippen LogP contribution in [0.15, 0.2) is 42.7 Å². The SMILES string of the molecule is O=C(NO)c1ccc2nc(-c3cccnc3)[nH]c2c1. The normalized spacial score (nSPS) is 10.6. The number of imidazole rings is 1. The van der Waals surface area contributed by atoms with Gasteiger partial charge in [-0.2, -0.15) is 0 Å². The van der Waals surface area contributed by atoms with E-state index in [0.717, 1.165) is 16.6 Å². The number of hydrogen-bond donors (Lipinski definition) is 3. The Labute approximate surface area is 108 Å². The fourth-order valence-electron chi connectivity index (χ4n) is 1.85. The smallest absolute Gasteiger partial charge is 0.274 e. The van der Waals surface area contributed by atoms with Gasteiger partial charge in [0.2, 0.25) is 0 Å². The summed E-state index contributed by atoms with van der Waals surface area (Å²) in [4.78, 5) is 22.9. The van der Waals surface area contributed by atoms with E-state index in [2.05, 4.69) is 15.0 Å². The minimum absolute atomic E-state index is 0.358. The minimum atomic E-state index is -0.556. The van der Waals surface area contributed by atoms with Crippen LogP contribution in [0.4, 0.5) is 0 Å². The Bertz CT molecular complexity index is 737. The monoisotopic (exact) mass is 254 g/mol. The lowest BCUT2D eigenvalue weighted by Gasteiger charge is -1.97. The van der Waals surface area contributed by atoms with Gasteiger partial charge in [-0.3, -0.25) is 15.0 Å². The van der Waals surface area contributed by atoms with Crippen molar-refractivity contribution in [2.45, 2.75) is 0 Å². The van der Waals surface area contributed by atoms with E-state index in [0.29, 0.717) is 11.4 Å². The molecule has 0 bridgehead atoms. The number of nitrogens with one attached hydrogen (secondary N) is 2. The highest BCUT2D eigenvalue weighted by molar-refractivity contribution is 5.97. The van der Waals surface area contributed by atoms with E-state index in [4.69, 9.17) is 5.21 Å². The highest BCUT2D eigenvalue weighted by Crippen LogP contribution is 2.20. The summed E-state index contributed by atoms with van der Waals surface area (Å²) < 4.78 is 0. The van der Waals surface area contributed by atoms with Crippen LogP contribution in [0.2, 0.25) is 0 Å². The molecule has 0 aliphatic rings. The van der Waals surface area contributed by atoms with E-state index in [1.165, 1.54) is 0 Å². The van der Waals surface area contributed by atoms with Gasteiger partial charge in [-0.25, -0.2) is 10.5 Å². The first-order chi connectivity index (χ1) is 9.28. The Balaban J connectivity index is 2.09. The number of hydrogen-bond acceptors (Lipinski definition) is 4. The molecule has 0 atom stereocenters. The molecule has 6 heteroatoms. The molecule has 0 unspecified atom stereocenters. The zero-order chi connectivity index (χ0) is 13.2. The standard InChI is InChI=1S/C13H10N4O2/c18-13(17-19)8-3-4-10-11(6-8)16-12(15-10)9-2-1-5-14-7-9/h1-7,19H,(H,15,16)(H,17,18). The van der Waals surface area contributed by atoms with Crippen LogP contribution in [0.25, 0.3) is 22.4 Å². The van der Waals surface area contributed by atoms with Crippen molar-refractivity contribution in [1.82, 2.24) is 20.4 Å². The summed E-state index contributed by atoms with van der Waals surface area (Å²) in [5.41, 5.74) is 4.29. The number of H-pyrrole nitrogens is 1. The van der Waals surface area contributed by atoms with Crippen molar-refractivity contribution in [1.29, 1.82) is 0 Å². The molecular weight excluding hydrogens is 244 g/mol. The third-order valence-electron chi connectivity index (χ3n) is 2.78. The highest BCUT2D eigenvalue weighted by atomic mass is 16.5. The molecule has 3 rings (SSSR count). The second kappa shape index (κ2) is 4.51. The Kier molecular flexibility index (Phi) is 2.70. The number of rotatable bonds is 2. The van der Waals surface area contributed by atoms with E-state index >= 15 is 0 Å². The summed E-state index contributed by atoms with van der Waals surface area (Å²) in [5.74, 6) is 0.129. The topological polar surface area (TPSA) is 90.9 Å². The van der Waals surface area contributed by atoms with Gasteiger partial charge in [0, 0.05) is 23.5 Å². The van der Waals surface area contributed by atoms with Crippen LogP contribution in [0, 0.1) is 0 Å². The second-order valence-electron chi connectivity index (χ2n) is 4.00. The van der Waals surface area contributed by atoms with E-state index in [9.17, 15) is 4.79 Å². The van der Waals surface area contributed by atoms with Gasteiger partial charge in [0.25, 0.3) is 5.91 Å².